The lowest BCUT2D eigenvalue weighted by atomic mass is 9.98. The molecule has 6 N–H and O–H groups in total. The molecule has 0 spiro atoms. The Morgan fingerprint density at radius 2 is 1.86 bits per heavy atom. The van der Waals surface area contributed by atoms with E-state index in [4.69, 9.17) is 38.8 Å². The van der Waals surface area contributed by atoms with Crippen LogP contribution in [-0.4, -0.2) is 65.6 Å². The highest BCUT2D eigenvalue weighted by Crippen LogP contribution is 2.33. The van der Waals surface area contributed by atoms with Gasteiger partial charge in [-0.25, -0.2) is 9.48 Å². The second-order valence-electron chi connectivity index (χ2n) is 5.93. The van der Waals surface area contributed by atoms with Crippen molar-refractivity contribution < 1.29 is 30.0 Å². The third kappa shape index (κ3) is 3.43. The highest BCUT2D eigenvalue weighted by molar-refractivity contribution is 6.43. The summed E-state index contributed by atoms with van der Waals surface area (Å²) in [7, 11) is 0. The Balaban J connectivity index is 2.13. The molecule has 1 aliphatic heterocycles. The van der Waals surface area contributed by atoms with Gasteiger partial charge in [-0.2, -0.15) is 10.1 Å². The quantitative estimate of drug-likeness (QED) is 0.414. The fourth-order valence-electron chi connectivity index (χ4n) is 2.72. The van der Waals surface area contributed by atoms with Gasteiger partial charge in [-0.05, 0) is 6.07 Å². The summed E-state index contributed by atoms with van der Waals surface area (Å²) in [6.07, 6.45) is -9.17. The molecule has 5 unspecified atom stereocenters. The van der Waals surface area contributed by atoms with Gasteiger partial charge >= 0.3 is 11.5 Å². The molecule has 1 aromatic carbocycles. The summed E-state index contributed by atoms with van der Waals surface area (Å²) in [6, 6.07) is 4.44. The number of hydrogen-bond acceptors (Lipinski definition) is 9. The van der Waals surface area contributed by atoms with Gasteiger partial charge in [-0.3, -0.25) is 4.79 Å². The Morgan fingerprint density at radius 3 is 2.50 bits per heavy atom. The fourth-order valence-corrected chi connectivity index (χ4v) is 3.11. The van der Waals surface area contributed by atoms with Crippen LogP contribution >= 0.6 is 23.2 Å². The number of nitrogens with zero attached hydrogens (tertiary/aromatic N) is 3. The molecule has 0 radical (unpaired) electrons. The number of carboxylic acid groups (broad SMARTS) is 1. The van der Waals surface area contributed by atoms with E-state index < -0.39 is 48.1 Å². The van der Waals surface area contributed by atoms with Crippen molar-refractivity contribution in [2.75, 3.05) is 5.73 Å². The first-order valence-electron chi connectivity index (χ1n) is 7.76. The maximum Gasteiger partial charge on any atom is 0.335 e. The minimum atomic E-state index is -1.90. The normalized spacial score (nSPS) is 27.5. The average Bonchev–Trinajstić information content (AvgIpc) is 2.63. The molecule has 3 rings (SSSR count). The van der Waals surface area contributed by atoms with Gasteiger partial charge in [0.25, 0.3) is 0 Å². The highest BCUT2D eigenvalue weighted by Gasteiger charge is 2.48. The van der Waals surface area contributed by atoms with Crippen LogP contribution in [0.25, 0.3) is 11.3 Å². The molecule has 5 atom stereocenters. The molecule has 1 saturated heterocycles. The van der Waals surface area contributed by atoms with Gasteiger partial charge in [-0.15, -0.1) is 0 Å². The number of rotatable bonds is 3. The summed E-state index contributed by atoms with van der Waals surface area (Å²) in [5, 5.41) is 43.2. The number of nitrogen functional groups attached to an aromatic ring is 1. The van der Waals surface area contributed by atoms with Crippen LogP contribution in [-0.2, 0) is 9.53 Å². The van der Waals surface area contributed by atoms with Gasteiger partial charge in [0.2, 0.25) is 5.95 Å². The Labute approximate surface area is 166 Å². The molecule has 2 heterocycles. The van der Waals surface area contributed by atoms with Gasteiger partial charge in [-0.1, -0.05) is 35.3 Å². The SMILES string of the molecule is Nc1nc(=O)c(-c2cccc(Cl)c2Cl)nn1C1OC(C(=O)O)C(O)C(O)C1O. The molecule has 0 saturated carbocycles. The number of nitrogens with two attached hydrogens (primary N) is 1. The Morgan fingerprint density at radius 1 is 1.18 bits per heavy atom. The number of aliphatic hydroxyl groups is 3. The van der Waals surface area contributed by atoms with Crippen molar-refractivity contribution in [2.45, 2.75) is 30.6 Å². The number of ether oxygens (including phenoxy) is 1. The molecule has 1 aliphatic rings. The van der Waals surface area contributed by atoms with Crippen LogP contribution in [0.5, 0.6) is 0 Å². The maximum atomic E-state index is 12.3. The van der Waals surface area contributed by atoms with E-state index in [9.17, 15) is 24.9 Å². The molecule has 11 nitrogen and oxygen atoms in total. The van der Waals surface area contributed by atoms with Crippen LogP contribution < -0.4 is 11.3 Å². The van der Waals surface area contributed by atoms with Crippen molar-refractivity contribution in [2.24, 2.45) is 0 Å². The summed E-state index contributed by atoms with van der Waals surface area (Å²) in [4.78, 5) is 27.1. The fraction of sp³-hybridized carbons (Fsp3) is 0.333. The van der Waals surface area contributed by atoms with E-state index in [0.717, 1.165) is 4.68 Å². The number of halogens is 2. The van der Waals surface area contributed by atoms with Crippen LogP contribution in [0.15, 0.2) is 23.0 Å². The van der Waals surface area contributed by atoms with Gasteiger partial charge < -0.3 is 30.9 Å². The lowest BCUT2D eigenvalue weighted by Crippen LogP contribution is -2.58. The number of carbonyl (C=O) groups is 1. The minimum absolute atomic E-state index is 0.0101. The zero-order valence-electron chi connectivity index (χ0n) is 13.8. The first-order valence-corrected chi connectivity index (χ1v) is 8.52. The van der Waals surface area contributed by atoms with Crippen molar-refractivity contribution >= 4 is 35.1 Å². The third-order valence-electron chi connectivity index (χ3n) is 4.14. The number of anilines is 1. The van der Waals surface area contributed by atoms with Crippen LogP contribution in [0, 0.1) is 0 Å². The zero-order valence-corrected chi connectivity index (χ0v) is 15.3. The highest BCUT2D eigenvalue weighted by atomic mass is 35.5. The van der Waals surface area contributed by atoms with Crippen LogP contribution in [0.1, 0.15) is 6.23 Å². The van der Waals surface area contributed by atoms with Crippen molar-refractivity contribution in [1.82, 2.24) is 14.8 Å². The summed E-state index contributed by atoms with van der Waals surface area (Å²) >= 11 is 12.0. The largest absolute Gasteiger partial charge is 0.479 e. The number of carboxylic acids is 1. The predicted octanol–water partition coefficient (Wildman–Crippen LogP) is -0.741. The summed E-state index contributed by atoms with van der Waals surface area (Å²) in [5.41, 5.74) is 4.63. The molecule has 1 aromatic heterocycles. The molecule has 150 valence electrons. The van der Waals surface area contributed by atoms with Gasteiger partial charge in [0.05, 0.1) is 10.0 Å². The van der Waals surface area contributed by atoms with E-state index in [1.165, 1.54) is 18.2 Å². The Kier molecular flexibility index (Phi) is 5.57. The second kappa shape index (κ2) is 7.62. The molecular formula is C15H14Cl2N4O7. The number of aliphatic carboxylic acids is 1. The first kappa shape index (κ1) is 20.5. The number of aliphatic hydroxyl groups excluding tert-OH is 3. The van der Waals surface area contributed by atoms with E-state index >= 15 is 0 Å². The van der Waals surface area contributed by atoms with Crippen molar-refractivity contribution in [3.8, 4) is 11.3 Å². The van der Waals surface area contributed by atoms with Crippen LogP contribution in [0.2, 0.25) is 10.0 Å². The maximum absolute atomic E-state index is 12.3. The van der Waals surface area contributed by atoms with Crippen molar-refractivity contribution in [3.05, 3.63) is 38.6 Å². The minimum Gasteiger partial charge on any atom is -0.479 e. The average molecular weight is 433 g/mol. The third-order valence-corrected chi connectivity index (χ3v) is 4.96. The van der Waals surface area contributed by atoms with Gasteiger partial charge in [0.1, 0.15) is 18.3 Å². The topological polar surface area (TPSA) is 181 Å². The summed E-state index contributed by atoms with van der Waals surface area (Å²) in [6.45, 7) is 0. The van der Waals surface area contributed by atoms with E-state index in [2.05, 4.69) is 10.1 Å². The Hall–Kier alpha value is -2.28. The van der Waals surface area contributed by atoms with Crippen LogP contribution in [0.3, 0.4) is 0 Å². The number of hydrogen-bond donors (Lipinski definition) is 5. The number of benzene rings is 1. The second-order valence-corrected chi connectivity index (χ2v) is 6.71. The smallest absolute Gasteiger partial charge is 0.335 e. The molecule has 2 aromatic rings. The lowest BCUT2D eigenvalue weighted by Gasteiger charge is -2.39. The lowest BCUT2D eigenvalue weighted by molar-refractivity contribution is -0.248. The number of aromatic nitrogens is 3. The van der Waals surface area contributed by atoms with E-state index in [1.807, 2.05) is 0 Å². The summed E-state index contributed by atoms with van der Waals surface area (Å²) < 4.78 is 5.88. The van der Waals surface area contributed by atoms with Crippen molar-refractivity contribution in [3.63, 3.8) is 0 Å². The predicted molar refractivity (Wildman–Crippen MR) is 95.7 cm³/mol. The molecule has 28 heavy (non-hydrogen) atoms. The van der Waals surface area contributed by atoms with Crippen LogP contribution in [0.4, 0.5) is 5.95 Å². The van der Waals surface area contributed by atoms with Gasteiger partial charge in [0.15, 0.2) is 18.0 Å². The summed E-state index contributed by atoms with van der Waals surface area (Å²) in [5.74, 6) is -2.11. The van der Waals surface area contributed by atoms with Crippen molar-refractivity contribution in [1.29, 1.82) is 0 Å². The van der Waals surface area contributed by atoms with E-state index in [1.54, 1.807) is 0 Å². The molecule has 13 heteroatoms. The van der Waals surface area contributed by atoms with E-state index in [0.29, 0.717) is 0 Å². The zero-order chi connectivity index (χ0) is 20.7. The van der Waals surface area contributed by atoms with E-state index in [-0.39, 0.29) is 21.3 Å². The Bertz CT molecular complexity index is 985. The van der Waals surface area contributed by atoms with Gasteiger partial charge in [0, 0.05) is 5.56 Å². The molecule has 0 bridgehead atoms. The molecule has 0 amide bonds. The molecule has 0 aliphatic carbocycles. The standard InChI is InChI=1S/C15H14Cl2N4O7/c16-5-3-1-2-4(6(5)17)7-12(25)19-15(18)21(20-7)13-10(24)8(22)9(23)11(28-13)14(26)27/h1-3,8-11,13,22-24H,(H,26,27)(H2,18,19,25). The molecular weight excluding hydrogens is 419 g/mol. The first-order chi connectivity index (χ1) is 13.1. The molecule has 1 fully saturated rings. The monoisotopic (exact) mass is 432 g/mol.